The molecule has 5 heteroatoms. The molecule has 1 nitrogen and oxygen atoms in total. The van der Waals surface area contributed by atoms with Gasteiger partial charge in [0.2, 0.25) is 0 Å². The fourth-order valence-corrected chi connectivity index (χ4v) is 3.10. The zero-order valence-corrected chi connectivity index (χ0v) is 13.1. The van der Waals surface area contributed by atoms with Crippen LogP contribution in [0.15, 0.2) is 42.5 Å². The van der Waals surface area contributed by atoms with Crippen molar-refractivity contribution in [2.75, 3.05) is 0 Å². The van der Waals surface area contributed by atoms with Gasteiger partial charge in [-0.3, -0.25) is 0 Å². The Morgan fingerprint density at radius 3 is 2.32 bits per heavy atom. The molecule has 0 unspecified atom stereocenters. The number of carbonyl (C=O) groups is 1. The van der Waals surface area contributed by atoms with Gasteiger partial charge in [-0.1, -0.05) is 59.6 Å². The van der Waals surface area contributed by atoms with E-state index in [1.54, 1.807) is 12.1 Å². The number of hydrogen-bond donors (Lipinski definition) is 0. The summed E-state index contributed by atoms with van der Waals surface area (Å²) < 4.78 is 0. The predicted molar refractivity (Wildman–Crippen MR) is 78.5 cm³/mol. The first-order valence-corrected chi connectivity index (χ1v) is 7.00. The summed E-state index contributed by atoms with van der Waals surface area (Å²) >= 11 is 12.2. The van der Waals surface area contributed by atoms with Crippen LogP contribution in [0.25, 0.3) is 0 Å². The largest absolute Gasteiger partial charge is 1.00 e. The van der Waals surface area contributed by atoms with Crippen molar-refractivity contribution in [2.45, 2.75) is 6.92 Å². The molecule has 2 aromatic carbocycles. The van der Waals surface area contributed by atoms with Crippen molar-refractivity contribution in [1.29, 1.82) is 0 Å². The molecule has 92 valence electrons. The quantitative estimate of drug-likeness (QED) is 0.623. The maximum atomic E-state index is 12.2. The molecule has 0 bridgehead atoms. The normalized spacial score (nSPS) is 10.5. The Kier molecular flexibility index (Phi) is 6.61. The number of halogens is 2. The molecule has 0 radical (unpaired) electrons. The molecule has 0 N–H and O–H groups in total. The first kappa shape index (κ1) is 16.8. The SMILES string of the molecule is Cc1ccc(Cl)c(C(=O)[P-]c2ccccc2)c1Cl.[Li+]. The summed E-state index contributed by atoms with van der Waals surface area (Å²) in [7, 11) is 0.581. The summed E-state index contributed by atoms with van der Waals surface area (Å²) in [4.78, 5) is 12.2. The zero-order valence-electron chi connectivity index (χ0n) is 10.7. The number of hydrogen-bond acceptors (Lipinski definition) is 1. The van der Waals surface area contributed by atoms with E-state index >= 15 is 0 Å². The monoisotopic (exact) mass is 302 g/mol. The summed E-state index contributed by atoms with van der Waals surface area (Å²) in [5.41, 5.74) is 1.18. The van der Waals surface area contributed by atoms with E-state index in [0.29, 0.717) is 24.2 Å². The van der Waals surface area contributed by atoms with Gasteiger partial charge in [0.15, 0.2) is 0 Å². The van der Waals surface area contributed by atoms with Crippen molar-refractivity contribution in [1.82, 2.24) is 0 Å². The summed E-state index contributed by atoms with van der Waals surface area (Å²) in [5.74, 6) is 0. The summed E-state index contributed by atoms with van der Waals surface area (Å²) in [6, 6.07) is 13.0. The third-order valence-corrected chi connectivity index (χ3v) is 4.27. The van der Waals surface area contributed by atoms with Crippen LogP contribution >= 0.6 is 31.8 Å². The second-order valence-electron chi connectivity index (χ2n) is 3.81. The Hall–Kier alpha value is -0.283. The van der Waals surface area contributed by atoms with Gasteiger partial charge < -0.3 is 13.4 Å². The minimum Gasteiger partial charge on any atom is -0.426 e. The maximum Gasteiger partial charge on any atom is 1.00 e. The molecule has 0 fully saturated rings. The number of benzene rings is 2. The van der Waals surface area contributed by atoms with E-state index in [2.05, 4.69) is 0 Å². The molecule has 0 spiro atoms. The van der Waals surface area contributed by atoms with Gasteiger partial charge in [0, 0.05) is 11.1 Å². The summed E-state index contributed by atoms with van der Waals surface area (Å²) in [6.07, 6.45) is 0. The van der Waals surface area contributed by atoms with E-state index in [-0.39, 0.29) is 24.4 Å². The Balaban J connectivity index is 0.00000180. The molecular formula is C14H10Cl2LiOP. The molecule has 0 aliphatic rings. The van der Waals surface area contributed by atoms with Crippen LogP contribution in [0.5, 0.6) is 0 Å². The topological polar surface area (TPSA) is 17.1 Å². The van der Waals surface area contributed by atoms with E-state index in [1.165, 1.54) is 0 Å². The van der Waals surface area contributed by atoms with Gasteiger partial charge >= 0.3 is 18.9 Å². The van der Waals surface area contributed by atoms with Crippen molar-refractivity contribution < 1.29 is 23.7 Å². The van der Waals surface area contributed by atoms with Gasteiger partial charge in [-0.25, -0.2) is 0 Å². The van der Waals surface area contributed by atoms with Crippen molar-refractivity contribution in [3.8, 4) is 0 Å². The molecule has 2 aromatic rings. The summed E-state index contributed by atoms with van der Waals surface area (Å²) in [5, 5.41) is 1.77. The average molecular weight is 303 g/mol. The average Bonchev–Trinajstić information content (AvgIpc) is 2.36. The van der Waals surface area contributed by atoms with E-state index in [0.717, 1.165) is 10.9 Å². The third-order valence-electron chi connectivity index (χ3n) is 2.48. The number of rotatable bonds is 3. The Bertz CT molecular complexity index is 587. The number of aryl methyl sites for hydroxylation is 1. The van der Waals surface area contributed by atoms with Crippen LogP contribution in [0, 0.1) is 6.92 Å². The smallest absolute Gasteiger partial charge is 0.426 e. The third kappa shape index (κ3) is 4.09. The van der Waals surface area contributed by atoms with Crippen molar-refractivity contribution in [2.24, 2.45) is 0 Å². The van der Waals surface area contributed by atoms with E-state index in [1.807, 2.05) is 37.3 Å². The van der Waals surface area contributed by atoms with Gasteiger partial charge in [0.1, 0.15) is 0 Å². The van der Waals surface area contributed by atoms with Gasteiger partial charge in [-0.05, 0) is 18.6 Å². The maximum absolute atomic E-state index is 12.2. The number of carbonyl (C=O) groups excluding carboxylic acids is 1. The van der Waals surface area contributed by atoms with Crippen LogP contribution < -0.4 is 24.2 Å². The van der Waals surface area contributed by atoms with Crippen molar-refractivity contribution in [3.63, 3.8) is 0 Å². The van der Waals surface area contributed by atoms with Gasteiger partial charge in [0.05, 0.1) is 10.0 Å². The molecule has 0 heterocycles. The van der Waals surface area contributed by atoms with Gasteiger partial charge in [-0.2, -0.15) is 5.30 Å². The molecule has 0 atom stereocenters. The first-order chi connectivity index (χ1) is 8.59. The van der Waals surface area contributed by atoms with Crippen LogP contribution in [-0.4, -0.2) is 5.52 Å². The van der Waals surface area contributed by atoms with E-state index < -0.39 is 0 Å². The van der Waals surface area contributed by atoms with Crippen molar-refractivity contribution in [3.05, 3.63) is 63.6 Å². The molecule has 0 aliphatic heterocycles. The van der Waals surface area contributed by atoms with Crippen LogP contribution in [0.4, 0.5) is 0 Å². The van der Waals surface area contributed by atoms with Crippen LogP contribution in [-0.2, 0) is 0 Å². The molecule has 0 aromatic heterocycles. The molecule has 0 saturated carbocycles. The van der Waals surface area contributed by atoms with Crippen LogP contribution in [0.3, 0.4) is 0 Å². The molecule has 2 rings (SSSR count). The second-order valence-corrected chi connectivity index (χ2v) is 5.74. The minimum atomic E-state index is -0.0834. The van der Waals surface area contributed by atoms with Crippen molar-refractivity contribution >= 4 is 42.6 Å². The Labute approximate surface area is 136 Å². The van der Waals surface area contributed by atoms with E-state index in [9.17, 15) is 4.79 Å². The predicted octanol–water partition coefficient (Wildman–Crippen LogP) is 1.72. The second kappa shape index (κ2) is 7.49. The van der Waals surface area contributed by atoms with Gasteiger partial charge in [-0.15, -0.1) is 0 Å². The molecule has 0 aliphatic carbocycles. The zero-order chi connectivity index (χ0) is 13.1. The Morgan fingerprint density at radius 1 is 1.05 bits per heavy atom. The Morgan fingerprint density at radius 2 is 1.68 bits per heavy atom. The van der Waals surface area contributed by atoms with Gasteiger partial charge in [0.25, 0.3) is 0 Å². The van der Waals surface area contributed by atoms with E-state index in [4.69, 9.17) is 23.2 Å². The standard InChI is InChI=1S/C14H10Cl2OP.Li/c1-9-7-8-11(15)12(13(9)16)14(17)18-10-5-3-2-4-6-10;/h2-8H,1H3;/q-1;+1. The fraction of sp³-hybridized carbons (Fsp3) is 0.0714. The van der Waals surface area contributed by atoms with Crippen LogP contribution in [0.2, 0.25) is 10.0 Å². The molecule has 0 amide bonds. The first-order valence-electron chi connectivity index (χ1n) is 5.35. The fourth-order valence-electron chi connectivity index (χ4n) is 1.53. The van der Waals surface area contributed by atoms with Crippen LogP contribution in [0.1, 0.15) is 15.9 Å². The molecule has 0 saturated heterocycles. The summed E-state index contributed by atoms with van der Waals surface area (Å²) in [6.45, 7) is 1.86. The minimum absolute atomic E-state index is 0. The molecule has 19 heavy (non-hydrogen) atoms. The molecular weight excluding hydrogens is 293 g/mol.